The van der Waals surface area contributed by atoms with Gasteiger partial charge in [0, 0.05) is 34.9 Å². The monoisotopic (exact) mass is 537 g/mol. The molecule has 0 saturated carbocycles. The van der Waals surface area contributed by atoms with Gasteiger partial charge < -0.3 is 4.18 Å². The Kier molecular flexibility index (Phi) is 7.17. The molecule has 0 fully saturated rings. The van der Waals surface area contributed by atoms with Gasteiger partial charge in [-0.05, 0) is 34.2 Å². The highest BCUT2D eigenvalue weighted by Gasteiger charge is 2.26. The summed E-state index contributed by atoms with van der Waals surface area (Å²) in [7, 11) is -4.29. The van der Waals surface area contributed by atoms with Crippen LogP contribution in [0.3, 0.4) is 0 Å². The number of hydrogen-bond donors (Lipinski definition) is 0. The van der Waals surface area contributed by atoms with Crippen molar-refractivity contribution in [2.24, 2.45) is 0 Å². The Bertz CT molecular complexity index is 1740. The molecule has 0 aliphatic rings. The summed E-state index contributed by atoms with van der Waals surface area (Å²) in [5.74, 6) is 0.113. The number of nitro benzene ring substituents is 1. The van der Waals surface area contributed by atoms with Crippen LogP contribution in [0, 0.1) is 10.1 Å². The van der Waals surface area contributed by atoms with Gasteiger partial charge in [-0.3, -0.25) is 10.1 Å². The fourth-order valence-electron chi connectivity index (χ4n) is 4.91. The van der Waals surface area contributed by atoms with Crippen LogP contribution in [0.1, 0.15) is 47.9 Å². The molecule has 5 aromatic rings. The van der Waals surface area contributed by atoms with Crippen LogP contribution in [0.15, 0.2) is 120 Å². The van der Waals surface area contributed by atoms with Gasteiger partial charge in [-0.15, -0.1) is 0 Å². The molecule has 5 rings (SSSR count). The maximum atomic E-state index is 13.5. The molecule has 0 heterocycles. The Morgan fingerprint density at radius 3 is 1.69 bits per heavy atom. The summed E-state index contributed by atoms with van der Waals surface area (Å²) < 4.78 is 32.9. The van der Waals surface area contributed by atoms with E-state index in [1.165, 1.54) is 12.1 Å². The normalized spacial score (nSPS) is 13.1. The van der Waals surface area contributed by atoms with Gasteiger partial charge >= 0.3 is 10.1 Å². The lowest BCUT2D eigenvalue weighted by Crippen LogP contribution is -2.13. The van der Waals surface area contributed by atoms with E-state index in [4.69, 9.17) is 4.18 Å². The lowest BCUT2D eigenvalue weighted by Gasteiger charge is -2.24. The molecule has 0 N–H and O–H groups in total. The molecular weight excluding hydrogens is 510 g/mol. The van der Waals surface area contributed by atoms with Gasteiger partial charge in [0.05, 0.1) is 4.92 Å². The van der Waals surface area contributed by atoms with Crippen molar-refractivity contribution in [3.8, 4) is 5.75 Å². The van der Waals surface area contributed by atoms with Crippen molar-refractivity contribution >= 4 is 26.6 Å². The first-order chi connectivity index (χ1) is 18.8. The lowest BCUT2D eigenvalue weighted by molar-refractivity contribution is -0.384. The van der Waals surface area contributed by atoms with Crippen LogP contribution in [0.5, 0.6) is 5.75 Å². The number of benzene rings is 5. The molecule has 39 heavy (non-hydrogen) atoms. The molecule has 7 heteroatoms. The Morgan fingerprint density at radius 2 is 1.15 bits per heavy atom. The molecule has 0 aliphatic heterocycles. The molecule has 0 radical (unpaired) electrons. The van der Waals surface area contributed by atoms with E-state index in [9.17, 15) is 18.5 Å². The van der Waals surface area contributed by atoms with E-state index in [2.05, 4.69) is 25.1 Å². The number of nitrogens with zero attached hydrogens (tertiary/aromatic N) is 1. The SMILES string of the molecule is CC(c1ccccc1)c1cc(C(C)c2ccccc2)c2ccccc2c1OS(=O)(=O)c1ccc([N+](=O)[O-])cc1. The van der Waals surface area contributed by atoms with E-state index in [1.807, 2.05) is 79.7 Å². The third kappa shape index (κ3) is 5.26. The van der Waals surface area contributed by atoms with E-state index < -0.39 is 15.0 Å². The number of nitro groups is 1. The third-order valence-electron chi connectivity index (χ3n) is 7.12. The Hall–Kier alpha value is -4.49. The first kappa shape index (κ1) is 26.1. The molecule has 6 nitrogen and oxygen atoms in total. The third-order valence-corrected chi connectivity index (χ3v) is 8.35. The van der Waals surface area contributed by atoms with E-state index >= 15 is 0 Å². The summed E-state index contributed by atoms with van der Waals surface area (Å²) >= 11 is 0. The van der Waals surface area contributed by atoms with E-state index in [0.29, 0.717) is 5.39 Å². The summed E-state index contributed by atoms with van der Waals surface area (Å²) in [6.07, 6.45) is 0. The van der Waals surface area contributed by atoms with Crippen molar-refractivity contribution in [2.75, 3.05) is 0 Å². The highest BCUT2D eigenvalue weighted by Crippen LogP contribution is 2.43. The molecule has 2 unspecified atom stereocenters. The molecule has 0 saturated heterocycles. The molecular formula is C32H27NO5S. The average Bonchev–Trinajstić information content (AvgIpc) is 2.97. The van der Waals surface area contributed by atoms with Gasteiger partial charge in [0.1, 0.15) is 4.90 Å². The van der Waals surface area contributed by atoms with E-state index in [-0.39, 0.29) is 28.2 Å². The fourth-order valence-corrected chi connectivity index (χ4v) is 5.88. The van der Waals surface area contributed by atoms with Crippen molar-refractivity contribution in [2.45, 2.75) is 30.6 Å². The van der Waals surface area contributed by atoms with Gasteiger partial charge in [0.25, 0.3) is 5.69 Å². The van der Waals surface area contributed by atoms with Crippen LogP contribution in [0.2, 0.25) is 0 Å². The second kappa shape index (κ2) is 10.7. The summed E-state index contributed by atoms with van der Waals surface area (Å²) in [4.78, 5) is 10.3. The van der Waals surface area contributed by atoms with Crippen molar-refractivity contribution < 1.29 is 17.5 Å². The standard InChI is InChI=1S/C32H27NO5S/c1-22(24-11-5-3-6-12-24)30-21-31(23(2)25-13-7-4-8-14-25)32(29-16-10-9-15-28(29)30)38-39(36,37)27-19-17-26(18-20-27)33(34)35/h3-23H,1-2H3. The smallest absolute Gasteiger partial charge is 0.339 e. The predicted octanol–water partition coefficient (Wildman–Crippen LogP) is 7.82. The minimum absolute atomic E-state index is 0.0400. The zero-order valence-electron chi connectivity index (χ0n) is 21.5. The van der Waals surface area contributed by atoms with Crippen molar-refractivity contribution in [3.05, 3.63) is 148 Å². The molecule has 0 bridgehead atoms. The second-order valence-corrected chi connectivity index (χ2v) is 11.0. The van der Waals surface area contributed by atoms with Crippen molar-refractivity contribution in [1.82, 2.24) is 0 Å². The number of rotatable bonds is 8. The molecule has 0 aromatic heterocycles. The van der Waals surface area contributed by atoms with Crippen LogP contribution in [-0.2, 0) is 10.1 Å². The summed E-state index contributed by atoms with van der Waals surface area (Å²) in [6, 6.07) is 34.4. The first-order valence-corrected chi connectivity index (χ1v) is 14.0. The zero-order chi connectivity index (χ0) is 27.6. The highest BCUT2D eigenvalue weighted by atomic mass is 32.2. The first-order valence-electron chi connectivity index (χ1n) is 12.6. The molecule has 196 valence electrons. The number of non-ortho nitro benzene ring substituents is 1. The summed E-state index contributed by atoms with van der Waals surface area (Å²) in [5, 5.41) is 12.6. The molecule has 0 aliphatic carbocycles. The topological polar surface area (TPSA) is 86.5 Å². The zero-order valence-corrected chi connectivity index (χ0v) is 22.3. The highest BCUT2D eigenvalue weighted by molar-refractivity contribution is 7.87. The average molecular weight is 538 g/mol. The van der Waals surface area contributed by atoms with Crippen molar-refractivity contribution in [1.29, 1.82) is 0 Å². The van der Waals surface area contributed by atoms with Crippen LogP contribution < -0.4 is 4.18 Å². The Morgan fingerprint density at radius 1 is 0.667 bits per heavy atom. The van der Waals surface area contributed by atoms with Crippen LogP contribution >= 0.6 is 0 Å². The van der Waals surface area contributed by atoms with E-state index in [1.54, 1.807) is 0 Å². The lowest BCUT2D eigenvalue weighted by atomic mass is 9.83. The fraction of sp³-hybridized carbons (Fsp3) is 0.125. The second-order valence-electron chi connectivity index (χ2n) is 9.48. The predicted molar refractivity (Wildman–Crippen MR) is 153 cm³/mol. The van der Waals surface area contributed by atoms with Crippen LogP contribution in [0.25, 0.3) is 10.8 Å². The molecule has 0 spiro atoms. The molecule has 2 atom stereocenters. The summed E-state index contributed by atoms with van der Waals surface area (Å²) in [6.45, 7) is 4.17. The van der Waals surface area contributed by atoms with Crippen LogP contribution in [0.4, 0.5) is 5.69 Å². The van der Waals surface area contributed by atoms with E-state index in [0.717, 1.165) is 39.8 Å². The number of hydrogen-bond acceptors (Lipinski definition) is 5. The summed E-state index contributed by atoms with van der Waals surface area (Å²) in [5.41, 5.74) is 3.77. The largest absolute Gasteiger partial charge is 0.378 e. The number of fused-ring (bicyclic) bond motifs is 1. The quantitative estimate of drug-likeness (QED) is 0.114. The minimum Gasteiger partial charge on any atom is -0.378 e. The minimum atomic E-state index is -4.29. The van der Waals surface area contributed by atoms with Gasteiger partial charge in [0.15, 0.2) is 5.75 Å². The van der Waals surface area contributed by atoms with Crippen LogP contribution in [-0.4, -0.2) is 13.3 Å². The Balaban J connectivity index is 1.71. The maximum Gasteiger partial charge on any atom is 0.339 e. The van der Waals surface area contributed by atoms with Gasteiger partial charge in [-0.1, -0.05) is 105 Å². The van der Waals surface area contributed by atoms with Crippen molar-refractivity contribution in [3.63, 3.8) is 0 Å². The van der Waals surface area contributed by atoms with Gasteiger partial charge in [-0.25, -0.2) is 0 Å². The maximum absolute atomic E-state index is 13.5. The van der Waals surface area contributed by atoms with Gasteiger partial charge in [-0.2, -0.15) is 8.42 Å². The van der Waals surface area contributed by atoms with Gasteiger partial charge in [0.2, 0.25) is 0 Å². The molecule has 5 aromatic carbocycles. The Labute approximate surface area is 227 Å². The molecule has 0 amide bonds.